The number of carbonyl (C=O) groups excluding carboxylic acids is 2. The summed E-state index contributed by atoms with van der Waals surface area (Å²) in [6.45, 7) is 4.04. The number of furan rings is 1. The van der Waals surface area contributed by atoms with Crippen LogP contribution in [0.2, 0.25) is 5.15 Å². The smallest absolute Gasteiger partial charge is 0.325 e. The fraction of sp³-hybridized carbons (Fsp3) is 0.191. The van der Waals surface area contributed by atoms with Crippen LogP contribution in [0.15, 0.2) is 142 Å². The first-order valence-electron chi connectivity index (χ1n) is 19.8. The van der Waals surface area contributed by atoms with Crippen LogP contribution in [0.4, 0.5) is 0 Å². The van der Waals surface area contributed by atoms with Gasteiger partial charge in [0, 0.05) is 29.5 Å². The van der Waals surface area contributed by atoms with E-state index in [1.807, 2.05) is 102 Å². The molecule has 0 aliphatic carbocycles. The Bertz CT molecular complexity index is 2670. The van der Waals surface area contributed by atoms with Crippen LogP contribution in [0.1, 0.15) is 65.3 Å². The third-order valence-electron chi connectivity index (χ3n) is 10.4. The molecule has 302 valence electrons. The predicted octanol–water partition coefficient (Wildman–Crippen LogP) is 9.89. The molecule has 11 nitrogen and oxygen atoms in total. The molecule has 1 N–H and O–H groups in total. The van der Waals surface area contributed by atoms with Crippen LogP contribution in [0, 0.1) is 0 Å². The molecule has 0 fully saturated rings. The first-order chi connectivity index (χ1) is 29.3. The molecule has 13 heteroatoms. The Labute approximate surface area is 360 Å². The van der Waals surface area contributed by atoms with E-state index < -0.39 is 17.4 Å². The van der Waals surface area contributed by atoms with Gasteiger partial charge in [0.1, 0.15) is 29.4 Å². The van der Waals surface area contributed by atoms with E-state index in [4.69, 9.17) is 36.2 Å². The van der Waals surface area contributed by atoms with Crippen LogP contribution >= 0.6 is 27.5 Å². The van der Waals surface area contributed by atoms with Crippen molar-refractivity contribution in [3.63, 3.8) is 0 Å². The summed E-state index contributed by atoms with van der Waals surface area (Å²) < 4.78 is 14.1. The number of nitrogens with zero attached hydrogens (tertiary/aromatic N) is 6. The maximum absolute atomic E-state index is 13.4. The number of tetrazole rings is 1. The molecule has 1 amide bonds. The minimum atomic E-state index is -0.933. The molecule has 5 aromatic carbocycles. The lowest BCUT2D eigenvalue weighted by Gasteiger charge is -2.34. The number of aromatic nitrogens is 6. The summed E-state index contributed by atoms with van der Waals surface area (Å²) in [6.07, 6.45) is 2.43. The van der Waals surface area contributed by atoms with Crippen LogP contribution in [-0.4, -0.2) is 54.8 Å². The number of imidazole rings is 1. The molecule has 0 bridgehead atoms. The van der Waals surface area contributed by atoms with E-state index in [-0.39, 0.29) is 24.0 Å². The fourth-order valence-electron chi connectivity index (χ4n) is 7.62. The van der Waals surface area contributed by atoms with Crippen molar-refractivity contribution in [1.29, 1.82) is 0 Å². The maximum Gasteiger partial charge on any atom is 0.325 e. The number of hydrogen-bond acceptors (Lipinski definition) is 8. The highest BCUT2D eigenvalue weighted by Gasteiger charge is 2.41. The van der Waals surface area contributed by atoms with E-state index in [9.17, 15) is 9.59 Å². The largest absolute Gasteiger partial charge is 0.465 e. The summed E-state index contributed by atoms with van der Waals surface area (Å²) in [5.41, 5.74) is 5.25. The van der Waals surface area contributed by atoms with Gasteiger partial charge in [-0.05, 0) is 68.9 Å². The van der Waals surface area contributed by atoms with Gasteiger partial charge in [0.2, 0.25) is 5.82 Å². The quantitative estimate of drug-likeness (QED) is 0.0796. The van der Waals surface area contributed by atoms with Crippen LogP contribution in [0.25, 0.3) is 33.7 Å². The molecule has 8 aromatic rings. The van der Waals surface area contributed by atoms with Gasteiger partial charge >= 0.3 is 5.97 Å². The van der Waals surface area contributed by atoms with Gasteiger partial charge < -0.3 is 19.0 Å². The van der Waals surface area contributed by atoms with E-state index in [1.165, 1.54) is 0 Å². The molecule has 3 aromatic heterocycles. The highest BCUT2D eigenvalue weighted by molar-refractivity contribution is 9.10. The molecule has 0 unspecified atom stereocenters. The highest BCUT2D eigenvalue weighted by Crippen LogP contribution is 2.43. The Hall–Kier alpha value is -6.37. The van der Waals surface area contributed by atoms with Crippen LogP contribution in [-0.2, 0) is 28.0 Å². The Morgan fingerprint density at radius 1 is 0.833 bits per heavy atom. The van der Waals surface area contributed by atoms with Gasteiger partial charge in [0.25, 0.3) is 5.91 Å². The molecule has 8 rings (SSSR count). The number of unbranched alkanes of at least 4 members (excludes halogenated alkanes) is 1. The lowest BCUT2D eigenvalue weighted by Crippen LogP contribution is -2.39. The second-order valence-corrected chi connectivity index (χ2v) is 15.3. The Kier molecular flexibility index (Phi) is 12.0. The van der Waals surface area contributed by atoms with Crippen molar-refractivity contribution in [3.05, 3.63) is 177 Å². The van der Waals surface area contributed by atoms with E-state index in [1.54, 1.807) is 11.7 Å². The highest BCUT2D eigenvalue weighted by atomic mass is 79.9. The monoisotopic (exact) mass is 881 g/mol. The van der Waals surface area contributed by atoms with Gasteiger partial charge in [-0.2, -0.15) is 0 Å². The second kappa shape index (κ2) is 17.9. The van der Waals surface area contributed by atoms with E-state index in [0.717, 1.165) is 56.1 Å². The van der Waals surface area contributed by atoms with Gasteiger partial charge in [-0.3, -0.25) is 9.59 Å². The van der Waals surface area contributed by atoms with E-state index in [2.05, 4.69) is 69.6 Å². The first-order valence-corrected chi connectivity index (χ1v) is 21.0. The van der Waals surface area contributed by atoms with Crippen molar-refractivity contribution < 1.29 is 18.7 Å². The SMILES string of the molecule is CCCCc1nc(Cl)c(C(=O)NCC(=O)OCC)n1Cc1ccc2oc(-c3ccccc3-c3nnn(C(c4ccccc4)(c4ccccc4)c4ccccc4)n3)c(Br)c2c1. The number of carbonyl (C=O) groups is 2. The number of fused-ring (bicyclic) bond motifs is 1. The van der Waals surface area contributed by atoms with Crippen LogP contribution in [0.3, 0.4) is 0 Å². The molecular weight excluding hydrogens is 842 g/mol. The van der Waals surface area contributed by atoms with Gasteiger partial charge in [-0.15, -0.1) is 15.0 Å². The zero-order valence-corrected chi connectivity index (χ0v) is 35.4. The first kappa shape index (κ1) is 40.4. The topological polar surface area (TPSA) is 130 Å². The van der Waals surface area contributed by atoms with Crippen molar-refractivity contribution in [2.75, 3.05) is 13.2 Å². The second-order valence-electron chi connectivity index (χ2n) is 14.2. The molecule has 60 heavy (non-hydrogen) atoms. The normalized spacial score (nSPS) is 11.5. The Morgan fingerprint density at radius 3 is 2.07 bits per heavy atom. The number of ether oxygens (including phenoxy) is 1. The standard InChI is InChI=1S/C47H41BrClN7O4/c1-3-5-25-39-51-44(49)42(46(58)50-29-40(57)59-4-2)55(39)30-31-26-27-38-37(28-31)41(48)43(60-38)35-23-15-16-24-36(35)45-52-54-56(53-45)47(32-17-9-6-10-18-32,33-19-11-7-12-20-33)34-21-13-8-14-22-34/h6-24,26-28H,3-5,25,29-30H2,1-2H3,(H,50,58). The maximum atomic E-state index is 13.4. The van der Waals surface area contributed by atoms with Crippen molar-refractivity contribution in [1.82, 2.24) is 35.1 Å². The average molecular weight is 883 g/mol. The number of benzene rings is 5. The Morgan fingerprint density at radius 2 is 1.45 bits per heavy atom. The summed E-state index contributed by atoms with van der Waals surface area (Å²) in [4.78, 5) is 31.7. The van der Waals surface area contributed by atoms with E-state index >= 15 is 0 Å². The number of esters is 1. The van der Waals surface area contributed by atoms with Gasteiger partial charge in [0.15, 0.2) is 10.7 Å². The molecule has 0 atom stereocenters. The minimum absolute atomic E-state index is 0.0750. The number of halogens is 2. The minimum Gasteiger partial charge on any atom is -0.465 e. The zero-order chi connectivity index (χ0) is 41.6. The number of aryl methyl sites for hydroxylation is 1. The van der Waals surface area contributed by atoms with Gasteiger partial charge in [0.05, 0.1) is 11.1 Å². The third-order valence-corrected chi connectivity index (χ3v) is 11.5. The predicted molar refractivity (Wildman–Crippen MR) is 235 cm³/mol. The zero-order valence-electron chi connectivity index (χ0n) is 33.0. The number of hydrogen-bond donors (Lipinski definition) is 1. The molecule has 0 spiro atoms. The van der Waals surface area contributed by atoms with Crippen LogP contribution in [0.5, 0.6) is 0 Å². The summed E-state index contributed by atoms with van der Waals surface area (Å²) in [5.74, 6) is 0.665. The Balaban J connectivity index is 1.17. The van der Waals surface area contributed by atoms with Crippen LogP contribution < -0.4 is 5.32 Å². The molecule has 0 aliphatic heterocycles. The van der Waals surface area contributed by atoms with E-state index in [0.29, 0.717) is 36.0 Å². The lowest BCUT2D eigenvalue weighted by molar-refractivity contribution is -0.141. The molecule has 0 saturated heterocycles. The fourth-order valence-corrected chi connectivity index (χ4v) is 8.51. The van der Waals surface area contributed by atoms with Crippen molar-refractivity contribution in [2.24, 2.45) is 0 Å². The summed E-state index contributed by atoms with van der Waals surface area (Å²) >= 11 is 10.5. The molecule has 0 radical (unpaired) electrons. The number of rotatable bonds is 15. The number of nitrogens with one attached hydrogen (secondary N) is 1. The lowest BCUT2D eigenvalue weighted by atomic mass is 9.77. The molecular formula is C47H41BrClN7O4. The molecule has 0 aliphatic rings. The van der Waals surface area contributed by atoms with Crippen molar-refractivity contribution in [2.45, 2.75) is 45.2 Å². The van der Waals surface area contributed by atoms with Crippen molar-refractivity contribution in [3.8, 4) is 22.7 Å². The number of amides is 1. The summed E-state index contributed by atoms with van der Waals surface area (Å²) in [6, 6.07) is 44.4. The van der Waals surface area contributed by atoms with Gasteiger partial charge in [-0.1, -0.05) is 146 Å². The molecule has 3 heterocycles. The molecule has 0 saturated carbocycles. The summed E-state index contributed by atoms with van der Waals surface area (Å²) in [7, 11) is 0. The summed E-state index contributed by atoms with van der Waals surface area (Å²) in [5, 5.41) is 18.2. The van der Waals surface area contributed by atoms with Crippen molar-refractivity contribution >= 4 is 50.4 Å². The van der Waals surface area contributed by atoms with Gasteiger partial charge in [-0.25, -0.2) is 4.98 Å². The average Bonchev–Trinajstić information content (AvgIpc) is 3.99. The third kappa shape index (κ3) is 7.76.